The van der Waals surface area contributed by atoms with E-state index in [1.807, 2.05) is 0 Å². The van der Waals surface area contributed by atoms with Crippen molar-refractivity contribution in [3.63, 3.8) is 0 Å². The number of carbonyl (C=O) groups excluding carboxylic acids is 2. The number of carbonyl (C=O) groups is 2. The molecule has 0 aromatic heterocycles. The minimum Gasteiger partial charge on any atom is -0.466 e. The number of allylic oxidation sites excluding steroid dienone is 7. The van der Waals surface area contributed by atoms with Crippen LogP contribution in [0.5, 0.6) is 0 Å². The van der Waals surface area contributed by atoms with Crippen LogP contribution < -0.4 is 0 Å². The van der Waals surface area contributed by atoms with Crippen LogP contribution in [0.2, 0.25) is 0 Å². The lowest BCUT2D eigenvalue weighted by Gasteiger charge is -1.97. The third kappa shape index (κ3) is 2.86. The van der Waals surface area contributed by atoms with Gasteiger partial charge in [-0.25, -0.2) is 4.79 Å². The Kier molecular flexibility index (Phi) is 3.61. The Labute approximate surface area is 82.1 Å². The van der Waals surface area contributed by atoms with E-state index in [-0.39, 0.29) is 5.78 Å². The van der Waals surface area contributed by atoms with E-state index in [0.29, 0.717) is 5.57 Å². The molecule has 72 valence electrons. The first-order valence-corrected chi connectivity index (χ1v) is 4.09. The van der Waals surface area contributed by atoms with Crippen molar-refractivity contribution < 1.29 is 14.3 Å². The zero-order chi connectivity index (χ0) is 10.4. The fourth-order valence-corrected chi connectivity index (χ4v) is 0.917. The number of ketones is 1. The van der Waals surface area contributed by atoms with Crippen molar-refractivity contribution in [1.82, 2.24) is 0 Å². The summed E-state index contributed by atoms with van der Waals surface area (Å²) in [6.07, 6.45) is 10.9. The van der Waals surface area contributed by atoms with Crippen LogP contribution in [0.3, 0.4) is 0 Å². The standard InChI is InChI=1S/C11H10O3/c1-14-11(13)8-4-6-9-5-2-3-7-10(9)12/h2-8H,1H3/b8-4+,9-6-. The zero-order valence-corrected chi connectivity index (χ0v) is 7.77. The molecule has 0 radical (unpaired) electrons. The monoisotopic (exact) mass is 190 g/mol. The van der Waals surface area contributed by atoms with Crippen molar-refractivity contribution >= 4 is 11.8 Å². The van der Waals surface area contributed by atoms with E-state index in [1.54, 1.807) is 24.3 Å². The minimum atomic E-state index is -0.440. The van der Waals surface area contributed by atoms with Gasteiger partial charge in [0.1, 0.15) is 0 Å². The second-order valence-electron chi connectivity index (χ2n) is 2.59. The molecule has 0 saturated heterocycles. The molecule has 0 unspecified atom stereocenters. The first-order valence-electron chi connectivity index (χ1n) is 4.09. The van der Waals surface area contributed by atoms with Crippen molar-refractivity contribution in [3.05, 3.63) is 48.1 Å². The highest BCUT2D eigenvalue weighted by atomic mass is 16.5. The van der Waals surface area contributed by atoms with Gasteiger partial charge in [-0.2, -0.15) is 0 Å². The highest BCUT2D eigenvalue weighted by molar-refractivity contribution is 6.07. The first-order chi connectivity index (χ1) is 6.74. The highest BCUT2D eigenvalue weighted by Crippen LogP contribution is 2.06. The van der Waals surface area contributed by atoms with Crippen LogP contribution in [-0.4, -0.2) is 18.9 Å². The second-order valence-corrected chi connectivity index (χ2v) is 2.59. The molecular formula is C11H10O3. The van der Waals surface area contributed by atoms with Crippen molar-refractivity contribution in [2.45, 2.75) is 0 Å². The van der Waals surface area contributed by atoms with Crippen LogP contribution in [0.1, 0.15) is 0 Å². The van der Waals surface area contributed by atoms with Crippen LogP contribution in [-0.2, 0) is 14.3 Å². The molecule has 3 heteroatoms. The van der Waals surface area contributed by atoms with Gasteiger partial charge in [0.15, 0.2) is 5.78 Å². The molecule has 0 heterocycles. The molecule has 0 spiro atoms. The van der Waals surface area contributed by atoms with Gasteiger partial charge in [0, 0.05) is 11.6 Å². The van der Waals surface area contributed by atoms with E-state index < -0.39 is 5.97 Å². The molecule has 1 aliphatic carbocycles. The molecule has 0 saturated carbocycles. The minimum absolute atomic E-state index is 0.0676. The van der Waals surface area contributed by atoms with E-state index >= 15 is 0 Å². The summed E-state index contributed by atoms with van der Waals surface area (Å²) in [5.74, 6) is -0.508. The van der Waals surface area contributed by atoms with Gasteiger partial charge in [-0.15, -0.1) is 0 Å². The number of esters is 1. The van der Waals surface area contributed by atoms with Gasteiger partial charge >= 0.3 is 5.97 Å². The Balaban J connectivity index is 2.65. The van der Waals surface area contributed by atoms with Gasteiger partial charge in [-0.1, -0.05) is 30.4 Å². The SMILES string of the molecule is COC(=O)/C=C/C=C1/C=CC=CC1=O. The summed E-state index contributed by atoms with van der Waals surface area (Å²) in [4.78, 5) is 21.9. The Morgan fingerprint density at radius 1 is 1.36 bits per heavy atom. The summed E-state index contributed by atoms with van der Waals surface area (Å²) < 4.78 is 4.39. The number of hydrogen-bond acceptors (Lipinski definition) is 3. The van der Waals surface area contributed by atoms with Gasteiger partial charge in [0.05, 0.1) is 7.11 Å². The fraction of sp³-hybridized carbons (Fsp3) is 0.0909. The largest absolute Gasteiger partial charge is 0.466 e. The fourth-order valence-electron chi connectivity index (χ4n) is 0.917. The smallest absolute Gasteiger partial charge is 0.330 e. The molecule has 3 nitrogen and oxygen atoms in total. The van der Waals surface area contributed by atoms with Crippen molar-refractivity contribution in [1.29, 1.82) is 0 Å². The molecular weight excluding hydrogens is 180 g/mol. The summed E-state index contributed by atoms with van der Waals surface area (Å²) in [7, 11) is 1.30. The molecule has 14 heavy (non-hydrogen) atoms. The summed E-state index contributed by atoms with van der Waals surface area (Å²) in [6.45, 7) is 0. The third-order valence-corrected chi connectivity index (χ3v) is 1.63. The van der Waals surface area contributed by atoms with Crippen molar-refractivity contribution in [2.24, 2.45) is 0 Å². The van der Waals surface area contributed by atoms with Gasteiger partial charge in [-0.3, -0.25) is 4.79 Å². The van der Waals surface area contributed by atoms with Gasteiger partial charge < -0.3 is 4.74 Å². The Bertz CT molecular complexity index is 357. The average Bonchev–Trinajstić information content (AvgIpc) is 2.20. The molecule has 0 atom stereocenters. The molecule has 0 amide bonds. The van der Waals surface area contributed by atoms with Crippen LogP contribution >= 0.6 is 0 Å². The highest BCUT2D eigenvalue weighted by Gasteiger charge is 2.02. The van der Waals surface area contributed by atoms with Gasteiger partial charge in [0.2, 0.25) is 0 Å². The first kappa shape index (κ1) is 10.2. The van der Waals surface area contributed by atoms with Crippen LogP contribution in [0.15, 0.2) is 48.1 Å². The van der Waals surface area contributed by atoms with E-state index in [2.05, 4.69) is 4.74 Å². The zero-order valence-electron chi connectivity index (χ0n) is 7.77. The lowest BCUT2D eigenvalue weighted by molar-refractivity contribution is -0.134. The molecule has 0 aliphatic heterocycles. The van der Waals surface area contributed by atoms with E-state index in [1.165, 1.54) is 25.3 Å². The van der Waals surface area contributed by atoms with E-state index in [0.717, 1.165) is 0 Å². The average molecular weight is 190 g/mol. The quantitative estimate of drug-likeness (QED) is 0.487. The van der Waals surface area contributed by atoms with E-state index in [4.69, 9.17) is 0 Å². The normalized spacial score (nSPS) is 18.1. The summed E-state index contributed by atoms with van der Waals surface area (Å²) in [6, 6.07) is 0. The molecule has 0 aromatic rings. The maximum atomic E-state index is 11.2. The Hall–Kier alpha value is -1.90. The predicted molar refractivity (Wildman–Crippen MR) is 52.5 cm³/mol. The molecule has 1 aliphatic rings. The maximum absolute atomic E-state index is 11.2. The predicted octanol–water partition coefficient (Wildman–Crippen LogP) is 1.34. The molecule has 0 bridgehead atoms. The topological polar surface area (TPSA) is 43.4 Å². The third-order valence-electron chi connectivity index (χ3n) is 1.63. The van der Waals surface area contributed by atoms with Crippen LogP contribution in [0, 0.1) is 0 Å². The second kappa shape index (κ2) is 4.97. The number of hydrogen-bond donors (Lipinski definition) is 0. The molecule has 0 N–H and O–H groups in total. The maximum Gasteiger partial charge on any atom is 0.330 e. The summed E-state index contributed by atoms with van der Waals surface area (Å²) in [5.41, 5.74) is 0.549. The van der Waals surface area contributed by atoms with Crippen molar-refractivity contribution in [3.8, 4) is 0 Å². The molecule has 0 fully saturated rings. The van der Waals surface area contributed by atoms with Crippen LogP contribution in [0.25, 0.3) is 0 Å². The summed E-state index contributed by atoms with van der Waals surface area (Å²) >= 11 is 0. The van der Waals surface area contributed by atoms with E-state index in [9.17, 15) is 9.59 Å². The van der Waals surface area contributed by atoms with Crippen LogP contribution in [0.4, 0.5) is 0 Å². The lowest BCUT2D eigenvalue weighted by atomic mass is 10.1. The van der Waals surface area contributed by atoms with Gasteiger partial charge in [-0.05, 0) is 6.08 Å². The number of ether oxygens (including phenoxy) is 1. The number of methoxy groups -OCH3 is 1. The Morgan fingerprint density at radius 2 is 2.07 bits per heavy atom. The van der Waals surface area contributed by atoms with Crippen molar-refractivity contribution in [2.75, 3.05) is 7.11 Å². The number of rotatable bonds is 2. The van der Waals surface area contributed by atoms with Gasteiger partial charge in [0.25, 0.3) is 0 Å². The lowest BCUT2D eigenvalue weighted by Crippen LogP contribution is -1.98. The summed E-state index contributed by atoms with van der Waals surface area (Å²) in [5, 5.41) is 0. The molecule has 1 rings (SSSR count). The molecule has 0 aromatic carbocycles. The Morgan fingerprint density at radius 3 is 2.71 bits per heavy atom.